The van der Waals surface area contributed by atoms with Crippen molar-refractivity contribution in [2.45, 2.75) is 6.92 Å². The predicted octanol–water partition coefficient (Wildman–Crippen LogP) is 2.75. The zero-order valence-corrected chi connectivity index (χ0v) is 10.6. The van der Waals surface area contributed by atoms with E-state index >= 15 is 0 Å². The molecule has 0 aliphatic carbocycles. The molecule has 0 radical (unpaired) electrons. The number of nitrogens with zero attached hydrogens (tertiary/aromatic N) is 1. The number of aromatic carboxylic acids is 1. The van der Waals surface area contributed by atoms with Gasteiger partial charge in [0.25, 0.3) is 0 Å². The van der Waals surface area contributed by atoms with Crippen molar-refractivity contribution in [3.8, 4) is 17.0 Å². The van der Waals surface area contributed by atoms with Crippen LogP contribution in [-0.4, -0.2) is 28.2 Å². The first kappa shape index (κ1) is 12.4. The standard InChI is InChI=1S/C12H11ClN2O3/c1-6-3-9(18-2)8(13)4-7(6)10-11(12(16)17)15-5-14-10/h3-5H,1-2H3,(H,14,15)(H,16,17). The summed E-state index contributed by atoms with van der Waals surface area (Å²) in [6.07, 6.45) is 1.34. The van der Waals surface area contributed by atoms with Gasteiger partial charge in [-0.1, -0.05) is 11.6 Å². The monoisotopic (exact) mass is 266 g/mol. The summed E-state index contributed by atoms with van der Waals surface area (Å²) in [5.41, 5.74) is 1.91. The molecule has 94 valence electrons. The van der Waals surface area contributed by atoms with Crippen molar-refractivity contribution in [2.24, 2.45) is 0 Å². The number of ether oxygens (including phenoxy) is 1. The van der Waals surface area contributed by atoms with Crippen molar-refractivity contribution in [2.75, 3.05) is 7.11 Å². The number of hydrogen-bond acceptors (Lipinski definition) is 3. The molecule has 2 N–H and O–H groups in total. The van der Waals surface area contributed by atoms with Crippen molar-refractivity contribution < 1.29 is 14.6 Å². The minimum absolute atomic E-state index is 0.0410. The van der Waals surface area contributed by atoms with Gasteiger partial charge in [-0.3, -0.25) is 0 Å². The number of halogens is 1. The van der Waals surface area contributed by atoms with Crippen LogP contribution in [0.5, 0.6) is 5.75 Å². The summed E-state index contributed by atoms with van der Waals surface area (Å²) in [5.74, 6) is -0.515. The molecular weight excluding hydrogens is 256 g/mol. The second-order valence-corrected chi connectivity index (χ2v) is 4.14. The average Bonchev–Trinajstić information content (AvgIpc) is 2.80. The Labute approximate surface area is 108 Å². The van der Waals surface area contributed by atoms with Crippen LogP contribution in [0.1, 0.15) is 16.1 Å². The van der Waals surface area contributed by atoms with E-state index in [0.29, 0.717) is 22.0 Å². The fraction of sp³-hybridized carbons (Fsp3) is 0.167. The summed E-state index contributed by atoms with van der Waals surface area (Å²) >= 11 is 6.04. The van der Waals surface area contributed by atoms with Crippen molar-refractivity contribution in [1.82, 2.24) is 9.97 Å². The van der Waals surface area contributed by atoms with Crippen molar-refractivity contribution >= 4 is 17.6 Å². The van der Waals surface area contributed by atoms with Crippen LogP contribution < -0.4 is 4.74 Å². The first-order chi connectivity index (χ1) is 8.54. The van der Waals surface area contributed by atoms with E-state index in [1.54, 1.807) is 12.1 Å². The van der Waals surface area contributed by atoms with Gasteiger partial charge in [0.15, 0.2) is 5.69 Å². The molecule has 6 heteroatoms. The van der Waals surface area contributed by atoms with Gasteiger partial charge >= 0.3 is 5.97 Å². The van der Waals surface area contributed by atoms with Gasteiger partial charge in [-0.15, -0.1) is 0 Å². The highest BCUT2D eigenvalue weighted by atomic mass is 35.5. The third-order valence-electron chi connectivity index (χ3n) is 2.61. The van der Waals surface area contributed by atoms with Gasteiger partial charge < -0.3 is 14.8 Å². The fourth-order valence-electron chi connectivity index (χ4n) is 1.73. The Morgan fingerprint density at radius 2 is 2.22 bits per heavy atom. The normalized spacial score (nSPS) is 10.4. The van der Waals surface area contributed by atoms with Crippen LogP contribution in [0.3, 0.4) is 0 Å². The second kappa shape index (κ2) is 4.70. The zero-order valence-electron chi connectivity index (χ0n) is 9.82. The van der Waals surface area contributed by atoms with Crippen LogP contribution >= 0.6 is 11.6 Å². The van der Waals surface area contributed by atoms with Gasteiger partial charge in [0.2, 0.25) is 0 Å². The summed E-state index contributed by atoms with van der Waals surface area (Å²) in [7, 11) is 1.53. The van der Waals surface area contributed by atoms with Crippen LogP contribution in [0.25, 0.3) is 11.3 Å². The fourth-order valence-corrected chi connectivity index (χ4v) is 1.97. The van der Waals surface area contributed by atoms with Crippen LogP contribution in [-0.2, 0) is 0 Å². The maximum atomic E-state index is 11.0. The van der Waals surface area contributed by atoms with Crippen LogP contribution in [0, 0.1) is 6.92 Å². The number of H-pyrrole nitrogens is 1. The summed E-state index contributed by atoms with van der Waals surface area (Å²) in [6, 6.07) is 3.40. The number of aromatic nitrogens is 2. The van der Waals surface area contributed by atoms with Gasteiger partial charge in [0, 0.05) is 5.56 Å². The van der Waals surface area contributed by atoms with Gasteiger partial charge in [-0.25, -0.2) is 9.78 Å². The molecule has 0 amide bonds. The van der Waals surface area contributed by atoms with E-state index in [1.807, 2.05) is 6.92 Å². The number of hydrogen-bond donors (Lipinski definition) is 2. The first-order valence-corrected chi connectivity index (χ1v) is 5.53. The molecule has 2 rings (SSSR count). The molecule has 2 aromatic rings. The number of aryl methyl sites for hydroxylation is 1. The largest absolute Gasteiger partial charge is 0.495 e. The highest BCUT2D eigenvalue weighted by Crippen LogP contribution is 2.33. The minimum atomic E-state index is -1.06. The Balaban J connectivity index is 2.61. The van der Waals surface area contributed by atoms with Crippen molar-refractivity contribution in [3.05, 3.63) is 34.7 Å². The number of methoxy groups -OCH3 is 1. The Bertz CT molecular complexity index is 607. The lowest BCUT2D eigenvalue weighted by molar-refractivity contribution is 0.0692. The number of carbonyl (C=O) groups is 1. The quantitative estimate of drug-likeness (QED) is 0.896. The number of benzene rings is 1. The lowest BCUT2D eigenvalue weighted by Crippen LogP contribution is -2.00. The van der Waals surface area contributed by atoms with Gasteiger partial charge in [0.05, 0.1) is 18.5 Å². The molecule has 1 heterocycles. The van der Waals surface area contributed by atoms with E-state index in [0.717, 1.165) is 5.56 Å². The highest BCUT2D eigenvalue weighted by Gasteiger charge is 2.17. The first-order valence-electron chi connectivity index (χ1n) is 5.15. The molecule has 0 fully saturated rings. The molecule has 1 aromatic heterocycles. The van der Waals surface area contributed by atoms with Gasteiger partial charge in [0.1, 0.15) is 11.4 Å². The molecule has 0 aliphatic heterocycles. The van der Waals surface area contributed by atoms with Crippen molar-refractivity contribution in [1.29, 1.82) is 0 Å². The van der Waals surface area contributed by atoms with E-state index in [4.69, 9.17) is 21.4 Å². The number of imidazole rings is 1. The number of rotatable bonds is 3. The van der Waals surface area contributed by atoms with E-state index in [2.05, 4.69) is 9.97 Å². The molecule has 0 spiro atoms. The lowest BCUT2D eigenvalue weighted by Gasteiger charge is -2.09. The minimum Gasteiger partial charge on any atom is -0.495 e. The smallest absolute Gasteiger partial charge is 0.354 e. The Morgan fingerprint density at radius 3 is 2.83 bits per heavy atom. The topological polar surface area (TPSA) is 75.2 Å². The van der Waals surface area contributed by atoms with E-state index in [9.17, 15) is 4.79 Å². The molecule has 18 heavy (non-hydrogen) atoms. The van der Waals surface area contributed by atoms with Crippen LogP contribution in [0.4, 0.5) is 0 Å². The van der Waals surface area contributed by atoms with E-state index in [1.165, 1.54) is 13.4 Å². The molecule has 0 unspecified atom stereocenters. The maximum Gasteiger partial charge on any atom is 0.354 e. The molecule has 0 bridgehead atoms. The molecule has 0 aliphatic rings. The maximum absolute atomic E-state index is 11.0. The Morgan fingerprint density at radius 1 is 1.50 bits per heavy atom. The van der Waals surface area contributed by atoms with Gasteiger partial charge in [-0.2, -0.15) is 0 Å². The molecule has 0 atom stereocenters. The van der Waals surface area contributed by atoms with Crippen molar-refractivity contribution in [3.63, 3.8) is 0 Å². The number of nitrogens with one attached hydrogen (secondary N) is 1. The highest BCUT2D eigenvalue weighted by molar-refractivity contribution is 6.32. The van der Waals surface area contributed by atoms with Gasteiger partial charge in [-0.05, 0) is 24.6 Å². The lowest BCUT2D eigenvalue weighted by atomic mass is 10.0. The summed E-state index contributed by atoms with van der Waals surface area (Å²) < 4.78 is 5.10. The average molecular weight is 267 g/mol. The van der Waals surface area contributed by atoms with E-state index in [-0.39, 0.29) is 5.69 Å². The zero-order chi connectivity index (χ0) is 13.3. The van der Waals surface area contributed by atoms with Crippen LogP contribution in [0.15, 0.2) is 18.5 Å². The molecule has 5 nitrogen and oxygen atoms in total. The summed E-state index contributed by atoms with van der Waals surface area (Å²) in [5, 5.41) is 9.46. The molecule has 1 aromatic carbocycles. The predicted molar refractivity (Wildman–Crippen MR) is 67.3 cm³/mol. The molecule has 0 saturated heterocycles. The summed E-state index contributed by atoms with van der Waals surface area (Å²) in [6.45, 7) is 1.84. The van der Waals surface area contributed by atoms with Crippen LogP contribution in [0.2, 0.25) is 5.02 Å². The summed E-state index contributed by atoms with van der Waals surface area (Å²) in [4.78, 5) is 17.7. The number of carboxylic acid groups (broad SMARTS) is 1. The third kappa shape index (κ3) is 2.04. The third-order valence-corrected chi connectivity index (χ3v) is 2.90. The molecular formula is C12H11ClN2O3. The SMILES string of the molecule is COc1cc(C)c(-c2nc[nH]c2C(=O)O)cc1Cl. The number of aromatic amines is 1. The number of carboxylic acids is 1. The second-order valence-electron chi connectivity index (χ2n) is 3.73. The Hall–Kier alpha value is -2.01. The Kier molecular flexibility index (Phi) is 3.25. The molecule has 0 saturated carbocycles. The van der Waals surface area contributed by atoms with E-state index < -0.39 is 5.97 Å².